The first-order valence-electron chi connectivity index (χ1n) is 9.81. The maximum Gasteiger partial charge on any atom is 0.238 e. The molecule has 1 fully saturated rings. The van der Waals surface area contributed by atoms with E-state index in [1.807, 2.05) is 23.2 Å². The number of hydrogen-bond acceptors (Lipinski definition) is 3. The monoisotopic (exact) mass is 370 g/mol. The first kappa shape index (κ1) is 19.4. The van der Waals surface area contributed by atoms with E-state index >= 15 is 0 Å². The molecule has 0 radical (unpaired) electrons. The van der Waals surface area contributed by atoms with Crippen LogP contribution in [-0.4, -0.2) is 65.4 Å². The number of aromatic amines is 1. The lowest BCUT2D eigenvalue weighted by Gasteiger charge is -2.42. The predicted molar refractivity (Wildman–Crippen MR) is 108 cm³/mol. The molecule has 2 heterocycles. The van der Waals surface area contributed by atoms with E-state index in [0.717, 1.165) is 24.9 Å². The van der Waals surface area contributed by atoms with Crippen LogP contribution in [0.15, 0.2) is 30.5 Å². The molecule has 27 heavy (non-hydrogen) atoms. The van der Waals surface area contributed by atoms with E-state index in [9.17, 15) is 9.59 Å². The highest BCUT2D eigenvalue weighted by atomic mass is 16.2. The molecule has 146 valence electrons. The lowest BCUT2D eigenvalue weighted by Crippen LogP contribution is -2.61. The number of nitrogens with one attached hydrogen (secondary N) is 2. The van der Waals surface area contributed by atoms with Gasteiger partial charge >= 0.3 is 0 Å². The first-order chi connectivity index (χ1) is 13.0. The van der Waals surface area contributed by atoms with Crippen LogP contribution in [0, 0.1) is 0 Å². The number of benzene rings is 1. The Morgan fingerprint density at radius 2 is 2.04 bits per heavy atom. The molecule has 0 saturated carbocycles. The van der Waals surface area contributed by atoms with Crippen LogP contribution in [0.5, 0.6) is 0 Å². The molecule has 6 nitrogen and oxygen atoms in total. The van der Waals surface area contributed by atoms with Crippen molar-refractivity contribution < 1.29 is 9.59 Å². The highest BCUT2D eigenvalue weighted by Crippen LogP contribution is 2.20. The van der Waals surface area contributed by atoms with Gasteiger partial charge in [-0.3, -0.25) is 14.5 Å². The summed E-state index contributed by atoms with van der Waals surface area (Å²) in [7, 11) is 1.66. The predicted octanol–water partition coefficient (Wildman–Crippen LogP) is 2.16. The standard InChI is InChI=1S/C21H30N4O2/c1-15(2)25-12-11-24(14-19(25)21(27)22-3)20(26)10-6-7-16-13-23-18-9-5-4-8-17(16)18/h4-5,8-9,13,15,19,23H,6-7,10-12,14H2,1-3H3,(H,22,27)/t19-/m1/s1. The summed E-state index contributed by atoms with van der Waals surface area (Å²) in [5, 5.41) is 3.97. The molecule has 1 atom stereocenters. The van der Waals surface area contributed by atoms with Crippen LogP contribution in [0.4, 0.5) is 0 Å². The van der Waals surface area contributed by atoms with Crippen LogP contribution in [0.2, 0.25) is 0 Å². The zero-order chi connectivity index (χ0) is 19.4. The summed E-state index contributed by atoms with van der Waals surface area (Å²) >= 11 is 0. The number of carbonyl (C=O) groups is 2. The molecule has 0 unspecified atom stereocenters. The number of fused-ring (bicyclic) bond motifs is 1. The van der Waals surface area contributed by atoms with Gasteiger partial charge in [-0.25, -0.2) is 0 Å². The number of hydrogen-bond donors (Lipinski definition) is 2. The summed E-state index contributed by atoms with van der Waals surface area (Å²) in [5.41, 5.74) is 2.39. The van der Waals surface area contributed by atoms with Gasteiger partial charge in [0.15, 0.2) is 0 Å². The van der Waals surface area contributed by atoms with Crippen LogP contribution in [-0.2, 0) is 16.0 Å². The number of rotatable bonds is 6. The third-order valence-electron chi connectivity index (χ3n) is 5.50. The maximum atomic E-state index is 12.7. The second-order valence-electron chi connectivity index (χ2n) is 7.51. The number of aromatic nitrogens is 1. The molecule has 3 rings (SSSR count). The van der Waals surface area contributed by atoms with E-state index in [0.29, 0.717) is 19.5 Å². The Labute approximate surface area is 160 Å². The summed E-state index contributed by atoms with van der Waals surface area (Å²) < 4.78 is 0. The Morgan fingerprint density at radius 1 is 1.26 bits per heavy atom. The number of piperazine rings is 1. The molecule has 2 amide bonds. The summed E-state index contributed by atoms with van der Waals surface area (Å²) in [6.07, 6.45) is 4.25. The number of aryl methyl sites for hydroxylation is 1. The van der Waals surface area contributed by atoms with Crippen LogP contribution in [0.1, 0.15) is 32.3 Å². The molecule has 2 N–H and O–H groups in total. The average Bonchev–Trinajstić information content (AvgIpc) is 3.10. The van der Waals surface area contributed by atoms with E-state index in [4.69, 9.17) is 0 Å². The Bertz CT molecular complexity index is 798. The second kappa shape index (κ2) is 8.57. The van der Waals surface area contributed by atoms with Gasteiger partial charge in [0.1, 0.15) is 6.04 Å². The number of likely N-dealkylation sites (N-methyl/N-ethyl adjacent to an activating group) is 1. The Balaban J connectivity index is 1.55. The van der Waals surface area contributed by atoms with Crippen molar-refractivity contribution in [2.24, 2.45) is 0 Å². The number of para-hydroxylation sites is 1. The van der Waals surface area contributed by atoms with Crippen LogP contribution < -0.4 is 5.32 Å². The van der Waals surface area contributed by atoms with E-state index in [2.05, 4.69) is 41.2 Å². The fourth-order valence-corrected chi connectivity index (χ4v) is 3.97. The average molecular weight is 370 g/mol. The molecule has 0 bridgehead atoms. The summed E-state index contributed by atoms with van der Waals surface area (Å²) in [6, 6.07) is 8.26. The summed E-state index contributed by atoms with van der Waals surface area (Å²) in [4.78, 5) is 32.3. The third-order valence-corrected chi connectivity index (χ3v) is 5.50. The fraction of sp³-hybridized carbons (Fsp3) is 0.524. The van der Waals surface area contributed by atoms with Crippen LogP contribution >= 0.6 is 0 Å². The zero-order valence-electron chi connectivity index (χ0n) is 16.5. The first-order valence-corrected chi connectivity index (χ1v) is 9.81. The number of H-pyrrole nitrogens is 1. The van der Waals surface area contributed by atoms with Gasteiger partial charge in [0, 0.05) is 56.2 Å². The molecule has 2 aromatic rings. The summed E-state index contributed by atoms with van der Waals surface area (Å²) in [6.45, 7) is 6.09. The molecule has 1 saturated heterocycles. The summed E-state index contributed by atoms with van der Waals surface area (Å²) in [5.74, 6) is 0.132. The van der Waals surface area contributed by atoms with Gasteiger partial charge < -0.3 is 15.2 Å². The molecule has 1 aromatic carbocycles. The van der Waals surface area contributed by atoms with Crippen molar-refractivity contribution in [3.05, 3.63) is 36.0 Å². The van der Waals surface area contributed by atoms with Gasteiger partial charge in [0.25, 0.3) is 0 Å². The van der Waals surface area contributed by atoms with Crippen LogP contribution in [0.3, 0.4) is 0 Å². The van der Waals surface area contributed by atoms with Crippen molar-refractivity contribution >= 4 is 22.7 Å². The molecule has 0 spiro atoms. The van der Waals surface area contributed by atoms with Gasteiger partial charge in [-0.15, -0.1) is 0 Å². The second-order valence-corrected chi connectivity index (χ2v) is 7.51. The van der Waals surface area contributed by atoms with Crippen molar-refractivity contribution in [1.82, 2.24) is 20.1 Å². The van der Waals surface area contributed by atoms with Crippen molar-refractivity contribution in [3.8, 4) is 0 Å². The molecule has 1 aliphatic heterocycles. The van der Waals surface area contributed by atoms with Gasteiger partial charge in [-0.2, -0.15) is 0 Å². The normalized spacial score (nSPS) is 18.2. The Kier molecular flexibility index (Phi) is 6.16. The van der Waals surface area contributed by atoms with Crippen molar-refractivity contribution in [1.29, 1.82) is 0 Å². The molecular formula is C21H30N4O2. The SMILES string of the molecule is CNC(=O)[C@H]1CN(C(=O)CCCc2c[nH]c3ccccc23)CCN1C(C)C. The zero-order valence-corrected chi connectivity index (χ0v) is 16.5. The Hall–Kier alpha value is -2.34. The van der Waals surface area contributed by atoms with Gasteiger partial charge in [-0.05, 0) is 38.3 Å². The largest absolute Gasteiger partial charge is 0.361 e. The van der Waals surface area contributed by atoms with Gasteiger partial charge in [-0.1, -0.05) is 18.2 Å². The molecular weight excluding hydrogens is 340 g/mol. The lowest BCUT2D eigenvalue weighted by molar-refractivity contribution is -0.139. The highest BCUT2D eigenvalue weighted by Gasteiger charge is 2.34. The topological polar surface area (TPSA) is 68.4 Å². The maximum absolute atomic E-state index is 12.7. The quantitative estimate of drug-likeness (QED) is 0.819. The molecule has 1 aromatic heterocycles. The minimum atomic E-state index is -0.263. The lowest BCUT2D eigenvalue weighted by atomic mass is 10.1. The van der Waals surface area contributed by atoms with Gasteiger partial charge in [0.05, 0.1) is 0 Å². The fourth-order valence-electron chi connectivity index (χ4n) is 3.97. The number of carbonyl (C=O) groups excluding carboxylic acids is 2. The molecule has 1 aliphatic rings. The smallest absolute Gasteiger partial charge is 0.238 e. The van der Waals surface area contributed by atoms with E-state index in [1.165, 1.54) is 10.9 Å². The molecule has 6 heteroatoms. The van der Waals surface area contributed by atoms with Crippen molar-refractivity contribution in [2.75, 3.05) is 26.7 Å². The molecule has 0 aliphatic carbocycles. The third kappa shape index (κ3) is 4.33. The Morgan fingerprint density at radius 3 is 2.78 bits per heavy atom. The van der Waals surface area contributed by atoms with Crippen LogP contribution in [0.25, 0.3) is 10.9 Å². The minimum Gasteiger partial charge on any atom is -0.361 e. The van der Waals surface area contributed by atoms with E-state index in [1.54, 1.807) is 7.05 Å². The van der Waals surface area contributed by atoms with Crippen molar-refractivity contribution in [2.45, 2.75) is 45.2 Å². The minimum absolute atomic E-state index is 0.0139. The highest BCUT2D eigenvalue weighted by molar-refractivity contribution is 5.84. The van der Waals surface area contributed by atoms with Gasteiger partial charge in [0.2, 0.25) is 11.8 Å². The van der Waals surface area contributed by atoms with E-state index < -0.39 is 0 Å². The van der Waals surface area contributed by atoms with E-state index in [-0.39, 0.29) is 23.9 Å². The number of amides is 2. The number of nitrogens with zero attached hydrogens (tertiary/aromatic N) is 2. The van der Waals surface area contributed by atoms with Crippen molar-refractivity contribution in [3.63, 3.8) is 0 Å².